The van der Waals surface area contributed by atoms with Crippen molar-refractivity contribution in [3.05, 3.63) is 18.0 Å². The van der Waals surface area contributed by atoms with Gasteiger partial charge in [-0.05, 0) is 6.54 Å². The summed E-state index contributed by atoms with van der Waals surface area (Å²) in [5.74, 6) is -0.0738. The largest absolute Gasteiger partial charge is 0.364 e. The fraction of sp³-hybridized carbons (Fsp3) is 0.700. The molecular formula is C10H17N3O3S. The van der Waals surface area contributed by atoms with Gasteiger partial charge in [-0.25, -0.2) is 8.42 Å². The Kier molecular flexibility index (Phi) is 3.80. The lowest BCUT2D eigenvalue weighted by Crippen LogP contribution is -2.48. The average Bonchev–Trinajstić information content (AvgIpc) is 2.81. The van der Waals surface area contributed by atoms with Crippen molar-refractivity contribution in [3.63, 3.8) is 0 Å². The molecule has 1 fully saturated rings. The predicted molar refractivity (Wildman–Crippen MR) is 62.8 cm³/mol. The molecular weight excluding hydrogens is 242 g/mol. The highest BCUT2D eigenvalue weighted by Gasteiger charge is 2.27. The molecule has 17 heavy (non-hydrogen) atoms. The minimum atomic E-state index is -3.25. The Balaban J connectivity index is 1.97. The molecule has 2 rings (SSSR count). The quantitative estimate of drug-likeness (QED) is 0.769. The van der Waals surface area contributed by atoms with Crippen LogP contribution in [0.2, 0.25) is 0 Å². The summed E-state index contributed by atoms with van der Waals surface area (Å²) in [5.41, 5.74) is 0.461. The Morgan fingerprint density at radius 2 is 2.06 bits per heavy atom. The molecule has 0 unspecified atom stereocenters. The molecule has 0 aliphatic carbocycles. The Bertz CT molecular complexity index is 435. The van der Waals surface area contributed by atoms with Gasteiger partial charge in [0.1, 0.15) is 12.0 Å². The molecule has 1 aromatic heterocycles. The molecule has 0 saturated carbocycles. The molecule has 2 heterocycles. The molecule has 0 spiro atoms. The van der Waals surface area contributed by atoms with E-state index in [0.717, 1.165) is 19.6 Å². The van der Waals surface area contributed by atoms with Crippen LogP contribution in [-0.4, -0.2) is 55.5 Å². The Morgan fingerprint density at radius 3 is 2.59 bits per heavy atom. The van der Waals surface area contributed by atoms with Gasteiger partial charge < -0.3 is 9.42 Å². The van der Waals surface area contributed by atoms with E-state index in [1.54, 1.807) is 6.07 Å². The fourth-order valence-electron chi connectivity index (χ4n) is 1.91. The molecule has 96 valence electrons. The van der Waals surface area contributed by atoms with Gasteiger partial charge in [0.05, 0.1) is 5.69 Å². The maximum Gasteiger partial charge on any atom is 0.220 e. The van der Waals surface area contributed by atoms with E-state index in [1.807, 2.05) is 0 Å². The van der Waals surface area contributed by atoms with Crippen LogP contribution in [0.5, 0.6) is 0 Å². The standard InChI is InChI=1S/C10H17N3O3S/c1-2-12-4-6-13(7-5-12)17(14,15)9-10-3-8-16-11-10/h3,8H,2,4-7,9H2,1H3. The van der Waals surface area contributed by atoms with Crippen LogP contribution < -0.4 is 0 Å². The van der Waals surface area contributed by atoms with Gasteiger partial charge in [-0.2, -0.15) is 4.31 Å². The minimum Gasteiger partial charge on any atom is -0.364 e. The van der Waals surface area contributed by atoms with E-state index in [4.69, 9.17) is 0 Å². The number of piperazine rings is 1. The first-order valence-corrected chi connectivity index (χ1v) is 7.32. The highest BCUT2D eigenvalue weighted by Crippen LogP contribution is 2.12. The van der Waals surface area contributed by atoms with Crippen LogP contribution in [0.25, 0.3) is 0 Å². The van der Waals surface area contributed by atoms with Crippen molar-refractivity contribution in [1.29, 1.82) is 0 Å². The number of nitrogens with zero attached hydrogens (tertiary/aromatic N) is 3. The van der Waals surface area contributed by atoms with Gasteiger partial charge in [0.2, 0.25) is 10.0 Å². The van der Waals surface area contributed by atoms with Crippen molar-refractivity contribution in [3.8, 4) is 0 Å². The molecule has 0 bridgehead atoms. The van der Waals surface area contributed by atoms with E-state index < -0.39 is 10.0 Å². The molecule has 6 nitrogen and oxygen atoms in total. The maximum atomic E-state index is 12.1. The zero-order chi connectivity index (χ0) is 12.3. The summed E-state index contributed by atoms with van der Waals surface area (Å²) in [6.07, 6.45) is 1.39. The molecule has 1 aromatic rings. The first-order valence-electron chi connectivity index (χ1n) is 5.71. The minimum absolute atomic E-state index is 0.0738. The third kappa shape index (κ3) is 3.05. The van der Waals surface area contributed by atoms with Crippen LogP contribution in [0.3, 0.4) is 0 Å². The smallest absolute Gasteiger partial charge is 0.220 e. The third-order valence-electron chi connectivity index (χ3n) is 2.99. The zero-order valence-corrected chi connectivity index (χ0v) is 10.7. The van der Waals surface area contributed by atoms with Gasteiger partial charge in [0, 0.05) is 32.2 Å². The number of hydrogen-bond acceptors (Lipinski definition) is 5. The molecule has 0 radical (unpaired) electrons. The van der Waals surface area contributed by atoms with Crippen LogP contribution in [-0.2, 0) is 15.8 Å². The van der Waals surface area contributed by atoms with Crippen molar-refractivity contribution in [2.75, 3.05) is 32.7 Å². The number of sulfonamides is 1. The van der Waals surface area contributed by atoms with Gasteiger partial charge in [-0.3, -0.25) is 0 Å². The van der Waals surface area contributed by atoms with Crippen LogP contribution in [0.15, 0.2) is 16.9 Å². The fourth-order valence-corrected chi connectivity index (χ4v) is 3.34. The summed E-state index contributed by atoms with van der Waals surface area (Å²) in [6, 6.07) is 1.58. The second-order valence-electron chi connectivity index (χ2n) is 4.08. The van der Waals surface area contributed by atoms with Crippen LogP contribution >= 0.6 is 0 Å². The molecule has 1 saturated heterocycles. The molecule has 0 aromatic carbocycles. The molecule has 0 amide bonds. The summed E-state index contributed by atoms with van der Waals surface area (Å²) >= 11 is 0. The summed E-state index contributed by atoms with van der Waals surface area (Å²) < 4.78 is 30.3. The van der Waals surface area contributed by atoms with Crippen molar-refractivity contribution in [2.24, 2.45) is 0 Å². The number of likely N-dealkylation sites (N-methyl/N-ethyl adjacent to an activating group) is 1. The van der Waals surface area contributed by atoms with E-state index in [9.17, 15) is 8.42 Å². The first-order chi connectivity index (χ1) is 8.12. The SMILES string of the molecule is CCN1CCN(S(=O)(=O)Cc2ccon2)CC1. The maximum absolute atomic E-state index is 12.1. The van der Waals surface area contributed by atoms with Crippen molar-refractivity contribution >= 4 is 10.0 Å². The van der Waals surface area contributed by atoms with Gasteiger partial charge in [-0.15, -0.1) is 0 Å². The summed E-state index contributed by atoms with van der Waals surface area (Å²) in [4.78, 5) is 2.24. The average molecular weight is 259 g/mol. The summed E-state index contributed by atoms with van der Waals surface area (Å²) in [6.45, 7) is 5.78. The van der Waals surface area contributed by atoms with Gasteiger partial charge in [0.25, 0.3) is 0 Å². The topological polar surface area (TPSA) is 66.7 Å². The van der Waals surface area contributed by atoms with E-state index in [-0.39, 0.29) is 5.75 Å². The number of aromatic nitrogens is 1. The lowest BCUT2D eigenvalue weighted by Gasteiger charge is -2.33. The third-order valence-corrected chi connectivity index (χ3v) is 4.81. The number of rotatable bonds is 4. The first kappa shape index (κ1) is 12.5. The van der Waals surface area contributed by atoms with Crippen LogP contribution in [0.4, 0.5) is 0 Å². The van der Waals surface area contributed by atoms with Crippen molar-refractivity contribution in [1.82, 2.24) is 14.4 Å². The van der Waals surface area contributed by atoms with Crippen molar-refractivity contribution < 1.29 is 12.9 Å². The van der Waals surface area contributed by atoms with E-state index in [0.29, 0.717) is 18.8 Å². The van der Waals surface area contributed by atoms with Crippen LogP contribution in [0.1, 0.15) is 12.6 Å². The Hall–Kier alpha value is -0.920. The molecule has 0 atom stereocenters. The monoisotopic (exact) mass is 259 g/mol. The van der Waals surface area contributed by atoms with Crippen molar-refractivity contribution in [2.45, 2.75) is 12.7 Å². The van der Waals surface area contributed by atoms with E-state index >= 15 is 0 Å². The highest BCUT2D eigenvalue weighted by atomic mass is 32.2. The molecule has 7 heteroatoms. The summed E-state index contributed by atoms with van der Waals surface area (Å²) in [5, 5.41) is 3.64. The Labute approximate surface area is 101 Å². The lowest BCUT2D eigenvalue weighted by molar-refractivity contribution is 0.196. The highest BCUT2D eigenvalue weighted by molar-refractivity contribution is 7.88. The lowest BCUT2D eigenvalue weighted by atomic mass is 10.4. The van der Waals surface area contributed by atoms with E-state index in [2.05, 4.69) is 21.5 Å². The second kappa shape index (κ2) is 5.16. The number of hydrogen-bond donors (Lipinski definition) is 0. The van der Waals surface area contributed by atoms with E-state index in [1.165, 1.54) is 10.6 Å². The second-order valence-corrected chi connectivity index (χ2v) is 6.05. The molecule has 1 aliphatic rings. The Morgan fingerprint density at radius 1 is 1.35 bits per heavy atom. The van der Waals surface area contributed by atoms with Gasteiger partial charge in [-0.1, -0.05) is 12.1 Å². The van der Waals surface area contributed by atoms with Gasteiger partial charge in [0.15, 0.2) is 0 Å². The molecule has 1 aliphatic heterocycles. The summed E-state index contributed by atoms with van der Waals surface area (Å²) in [7, 11) is -3.25. The predicted octanol–water partition coefficient (Wildman–Crippen LogP) is 0.142. The zero-order valence-electron chi connectivity index (χ0n) is 9.87. The van der Waals surface area contributed by atoms with Crippen LogP contribution in [0, 0.1) is 0 Å². The van der Waals surface area contributed by atoms with Gasteiger partial charge >= 0.3 is 0 Å². The normalized spacial score (nSPS) is 19.6. The molecule has 0 N–H and O–H groups in total.